The fourth-order valence-corrected chi connectivity index (χ4v) is 2.74. The van der Waals surface area contributed by atoms with Crippen LogP contribution in [0.15, 0.2) is 9.41 Å². The molecule has 0 saturated carbocycles. The highest BCUT2D eigenvalue weighted by Crippen LogP contribution is 2.18. The predicted octanol–water partition coefficient (Wildman–Crippen LogP) is 2.31. The normalized spacial score (nSPS) is 17.0. The summed E-state index contributed by atoms with van der Waals surface area (Å²) in [6.45, 7) is 7.85. The van der Waals surface area contributed by atoms with Gasteiger partial charge in [0.15, 0.2) is 5.96 Å². The average molecular weight is 435 g/mol. The van der Waals surface area contributed by atoms with Gasteiger partial charge in [0.25, 0.3) is 0 Å². The molecule has 0 aliphatic carbocycles. The quantitative estimate of drug-likeness (QED) is 0.422. The first-order chi connectivity index (χ1) is 10.6. The van der Waals surface area contributed by atoms with Crippen molar-refractivity contribution in [3.63, 3.8) is 0 Å². The molecule has 132 valence electrons. The molecular formula is C16H30IN5O. The minimum atomic E-state index is 0. The summed E-state index contributed by atoms with van der Waals surface area (Å²) in [5, 5.41) is 6.62. The number of oxazole rings is 1. The second-order valence-electron chi connectivity index (χ2n) is 6.14. The van der Waals surface area contributed by atoms with Crippen LogP contribution in [0.1, 0.15) is 36.6 Å². The van der Waals surface area contributed by atoms with Crippen LogP contribution in [0, 0.1) is 19.8 Å². The lowest BCUT2D eigenvalue weighted by atomic mass is 9.94. The van der Waals surface area contributed by atoms with Gasteiger partial charge in [-0.3, -0.25) is 4.99 Å². The standard InChI is InChI=1S/C16H29N5O.HI/c1-12-13(2)22-15(20-12)11-19-16(17-3)18-8-5-14-6-9-21(4)10-7-14;/h14H,5-11H2,1-4H3,(H2,17,18,19);1H. The van der Waals surface area contributed by atoms with E-state index in [1.54, 1.807) is 7.05 Å². The minimum Gasteiger partial charge on any atom is -0.444 e. The van der Waals surface area contributed by atoms with Gasteiger partial charge >= 0.3 is 0 Å². The maximum Gasteiger partial charge on any atom is 0.214 e. The molecule has 2 rings (SSSR count). The number of aromatic nitrogens is 1. The van der Waals surface area contributed by atoms with E-state index in [-0.39, 0.29) is 24.0 Å². The van der Waals surface area contributed by atoms with Crippen molar-refractivity contribution in [2.24, 2.45) is 10.9 Å². The molecule has 0 atom stereocenters. The number of aliphatic imine (C=N–C) groups is 1. The van der Waals surface area contributed by atoms with Crippen molar-refractivity contribution in [2.45, 2.75) is 39.7 Å². The molecule has 1 aliphatic rings. The zero-order valence-corrected chi connectivity index (χ0v) is 17.0. The molecule has 1 aromatic heterocycles. The second-order valence-corrected chi connectivity index (χ2v) is 6.14. The van der Waals surface area contributed by atoms with Gasteiger partial charge < -0.3 is 20.0 Å². The Morgan fingerprint density at radius 2 is 2.00 bits per heavy atom. The van der Waals surface area contributed by atoms with Crippen LogP contribution < -0.4 is 10.6 Å². The summed E-state index contributed by atoms with van der Waals surface area (Å²) < 4.78 is 5.56. The summed E-state index contributed by atoms with van der Waals surface area (Å²) >= 11 is 0. The van der Waals surface area contributed by atoms with Gasteiger partial charge in [0, 0.05) is 13.6 Å². The maximum absolute atomic E-state index is 5.56. The van der Waals surface area contributed by atoms with Crippen LogP contribution in [0.5, 0.6) is 0 Å². The molecule has 1 fully saturated rings. The van der Waals surface area contributed by atoms with E-state index in [1.165, 1.54) is 32.4 Å². The molecule has 0 unspecified atom stereocenters. The summed E-state index contributed by atoms with van der Waals surface area (Å²) in [7, 11) is 3.99. The van der Waals surface area contributed by atoms with E-state index in [4.69, 9.17) is 4.42 Å². The van der Waals surface area contributed by atoms with Gasteiger partial charge in [-0.05, 0) is 59.2 Å². The Kier molecular flexibility index (Phi) is 8.90. The number of halogens is 1. The van der Waals surface area contributed by atoms with E-state index in [1.807, 2.05) is 13.8 Å². The van der Waals surface area contributed by atoms with E-state index < -0.39 is 0 Å². The average Bonchev–Trinajstić information content (AvgIpc) is 2.83. The zero-order valence-electron chi connectivity index (χ0n) is 14.7. The Morgan fingerprint density at radius 3 is 2.57 bits per heavy atom. The van der Waals surface area contributed by atoms with Crippen LogP contribution in [-0.2, 0) is 6.54 Å². The van der Waals surface area contributed by atoms with E-state index >= 15 is 0 Å². The Bertz CT molecular complexity index is 475. The minimum absolute atomic E-state index is 0. The summed E-state index contributed by atoms with van der Waals surface area (Å²) in [6.07, 6.45) is 3.81. The number of hydrogen-bond donors (Lipinski definition) is 2. The molecule has 1 aliphatic heterocycles. The molecule has 0 amide bonds. The third-order valence-corrected chi connectivity index (χ3v) is 4.39. The number of piperidine rings is 1. The number of hydrogen-bond acceptors (Lipinski definition) is 4. The van der Waals surface area contributed by atoms with Crippen molar-refractivity contribution >= 4 is 29.9 Å². The van der Waals surface area contributed by atoms with Crippen LogP contribution in [0.4, 0.5) is 0 Å². The lowest BCUT2D eigenvalue weighted by molar-refractivity contribution is 0.213. The monoisotopic (exact) mass is 435 g/mol. The largest absolute Gasteiger partial charge is 0.444 e. The first kappa shape index (κ1) is 20.2. The van der Waals surface area contributed by atoms with E-state index in [0.29, 0.717) is 12.4 Å². The lowest BCUT2D eigenvalue weighted by Gasteiger charge is -2.29. The first-order valence-corrected chi connectivity index (χ1v) is 8.14. The number of aryl methyl sites for hydroxylation is 2. The third kappa shape index (κ3) is 6.66. The number of guanidine groups is 1. The zero-order chi connectivity index (χ0) is 15.9. The molecule has 7 heteroatoms. The number of nitrogens with zero attached hydrogens (tertiary/aromatic N) is 3. The highest BCUT2D eigenvalue weighted by molar-refractivity contribution is 14.0. The van der Waals surface area contributed by atoms with Crippen LogP contribution in [0.2, 0.25) is 0 Å². The maximum atomic E-state index is 5.56. The summed E-state index contributed by atoms with van der Waals surface area (Å²) in [5.41, 5.74) is 0.946. The molecule has 0 spiro atoms. The van der Waals surface area contributed by atoms with Crippen LogP contribution in [0.25, 0.3) is 0 Å². The Balaban J connectivity index is 0.00000264. The van der Waals surface area contributed by atoms with Gasteiger partial charge in [0.1, 0.15) is 5.76 Å². The van der Waals surface area contributed by atoms with Crippen molar-refractivity contribution in [3.8, 4) is 0 Å². The fraction of sp³-hybridized carbons (Fsp3) is 0.750. The van der Waals surface area contributed by atoms with Crippen LogP contribution in [-0.4, -0.2) is 49.6 Å². The van der Waals surface area contributed by atoms with Crippen LogP contribution in [0.3, 0.4) is 0 Å². The van der Waals surface area contributed by atoms with E-state index in [2.05, 4.69) is 32.6 Å². The Labute approximate surface area is 156 Å². The van der Waals surface area contributed by atoms with Gasteiger partial charge in [-0.15, -0.1) is 24.0 Å². The van der Waals surface area contributed by atoms with Gasteiger partial charge in [-0.2, -0.15) is 0 Å². The second kappa shape index (κ2) is 10.1. The SMILES string of the molecule is CN=C(NCCC1CCN(C)CC1)NCc1nc(C)c(C)o1.I. The molecule has 6 nitrogen and oxygen atoms in total. The smallest absolute Gasteiger partial charge is 0.214 e. The summed E-state index contributed by atoms with van der Waals surface area (Å²) in [6, 6.07) is 0. The number of likely N-dealkylation sites (tertiary alicyclic amines) is 1. The third-order valence-electron chi connectivity index (χ3n) is 4.39. The van der Waals surface area contributed by atoms with E-state index in [9.17, 15) is 0 Å². The molecule has 2 N–H and O–H groups in total. The molecule has 0 radical (unpaired) electrons. The molecule has 1 aromatic rings. The topological polar surface area (TPSA) is 65.7 Å². The highest BCUT2D eigenvalue weighted by Gasteiger charge is 2.16. The molecule has 2 heterocycles. The van der Waals surface area contributed by atoms with Crippen molar-refractivity contribution in [1.29, 1.82) is 0 Å². The van der Waals surface area contributed by atoms with Crippen molar-refractivity contribution in [1.82, 2.24) is 20.5 Å². The van der Waals surface area contributed by atoms with Crippen LogP contribution >= 0.6 is 24.0 Å². The first-order valence-electron chi connectivity index (χ1n) is 8.14. The van der Waals surface area contributed by atoms with Gasteiger partial charge in [-0.1, -0.05) is 0 Å². The van der Waals surface area contributed by atoms with Gasteiger partial charge in [0.05, 0.1) is 12.2 Å². The molecule has 0 bridgehead atoms. The summed E-state index contributed by atoms with van der Waals surface area (Å²) in [4.78, 5) is 11.0. The molecule has 0 aromatic carbocycles. The van der Waals surface area contributed by atoms with Crippen molar-refractivity contribution < 1.29 is 4.42 Å². The summed E-state index contributed by atoms with van der Waals surface area (Å²) in [5.74, 6) is 3.22. The molecule has 1 saturated heterocycles. The van der Waals surface area contributed by atoms with Crippen molar-refractivity contribution in [3.05, 3.63) is 17.3 Å². The Hall–Kier alpha value is -0.830. The highest BCUT2D eigenvalue weighted by atomic mass is 127. The van der Waals surface area contributed by atoms with Gasteiger partial charge in [0.2, 0.25) is 5.89 Å². The number of rotatable bonds is 5. The molecular weight excluding hydrogens is 405 g/mol. The lowest BCUT2D eigenvalue weighted by Crippen LogP contribution is -2.38. The van der Waals surface area contributed by atoms with Crippen molar-refractivity contribution in [2.75, 3.05) is 33.7 Å². The Morgan fingerprint density at radius 1 is 1.30 bits per heavy atom. The number of nitrogens with one attached hydrogen (secondary N) is 2. The predicted molar refractivity (Wildman–Crippen MR) is 104 cm³/mol. The van der Waals surface area contributed by atoms with E-state index in [0.717, 1.165) is 29.9 Å². The fourth-order valence-electron chi connectivity index (χ4n) is 2.74. The molecule has 23 heavy (non-hydrogen) atoms. The van der Waals surface area contributed by atoms with Gasteiger partial charge in [-0.25, -0.2) is 4.98 Å².